The van der Waals surface area contributed by atoms with Gasteiger partial charge in [-0.15, -0.1) is 0 Å². The van der Waals surface area contributed by atoms with Gasteiger partial charge in [0.15, 0.2) is 5.15 Å². The van der Waals surface area contributed by atoms with E-state index in [1.54, 1.807) is 25.3 Å². The summed E-state index contributed by atoms with van der Waals surface area (Å²) in [6.45, 7) is 2.84. The summed E-state index contributed by atoms with van der Waals surface area (Å²) in [4.78, 5) is 20.7. The zero-order valence-corrected chi connectivity index (χ0v) is 19.1. The Morgan fingerprint density at radius 3 is 2.41 bits per heavy atom. The van der Waals surface area contributed by atoms with Crippen LogP contribution in [-0.2, 0) is 0 Å². The highest BCUT2D eigenvalue weighted by molar-refractivity contribution is 6.33. The molecule has 0 spiro atoms. The second-order valence-electron chi connectivity index (χ2n) is 7.82. The highest BCUT2D eigenvalue weighted by Gasteiger charge is 2.24. The van der Waals surface area contributed by atoms with E-state index >= 15 is 0 Å². The minimum Gasteiger partial charge on any atom is -0.507 e. The third-order valence-electron chi connectivity index (χ3n) is 5.19. The number of nitrogens with zero attached hydrogens (tertiary/aromatic N) is 2. The largest absolute Gasteiger partial charge is 0.507 e. The molecule has 0 radical (unpaired) electrons. The molecule has 5 nitrogen and oxygen atoms in total. The molecule has 1 amide bonds. The van der Waals surface area contributed by atoms with Crippen LogP contribution in [0.15, 0.2) is 42.7 Å². The summed E-state index contributed by atoms with van der Waals surface area (Å²) < 4.78 is 47.0. The van der Waals surface area contributed by atoms with Gasteiger partial charge in [0.05, 0.1) is 16.9 Å². The topological polar surface area (TPSA) is 75.1 Å². The Labute approximate surface area is 198 Å². The quantitative estimate of drug-likeness (QED) is 0.301. The molecule has 10 heteroatoms. The maximum Gasteiger partial charge on any atom is 0.388 e. The van der Waals surface area contributed by atoms with Gasteiger partial charge in [0.1, 0.15) is 11.6 Å². The number of rotatable bonds is 4. The average Bonchev–Trinajstić information content (AvgIpc) is 3.63. The van der Waals surface area contributed by atoms with Crippen molar-refractivity contribution in [2.24, 2.45) is 0 Å². The summed E-state index contributed by atoms with van der Waals surface area (Å²) in [5, 5.41) is 13.0. The molecule has 1 saturated carbocycles. The molecule has 0 saturated heterocycles. The van der Waals surface area contributed by atoms with Crippen molar-refractivity contribution >= 4 is 23.2 Å². The zero-order valence-electron chi connectivity index (χ0n) is 18.4. The molecule has 1 aliphatic rings. The van der Waals surface area contributed by atoms with Crippen LogP contribution in [0.4, 0.5) is 23.2 Å². The van der Waals surface area contributed by atoms with Crippen LogP contribution in [0.3, 0.4) is 0 Å². The van der Waals surface area contributed by atoms with Crippen molar-refractivity contribution in [1.29, 1.82) is 0 Å². The van der Waals surface area contributed by atoms with Crippen LogP contribution >= 0.6 is 11.6 Å². The van der Waals surface area contributed by atoms with E-state index in [9.17, 15) is 27.5 Å². The number of hydrogen-bond acceptors (Lipinski definition) is 4. The van der Waals surface area contributed by atoms with Crippen LogP contribution in [0, 0.1) is 12.7 Å². The maximum absolute atomic E-state index is 14.7. The summed E-state index contributed by atoms with van der Waals surface area (Å²) in [5.41, 5.74) is 2.48. The summed E-state index contributed by atoms with van der Waals surface area (Å²) in [6.07, 6.45) is 0.867. The van der Waals surface area contributed by atoms with Crippen molar-refractivity contribution in [3.05, 3.63) is 70.4 Å². The van der Waals surface area contributed by atoms with Crippen LogP contribution in [0.5, 0.6) is 5.75 Å². The zero-order chi connectivity index (χ0) is 25.0. The van der Waals surface area contributed by atoms with Crippen LogP contribution in [0.25, 0.3) is 11.3 Å². The maximum atomic E-state index is 14.7. The molecule has 4 rings (SSSR count). The first-order valence-corrected chi connectivity index (χ1v) is 10.9. The Hall–Kier alpha value is -3.20. The number of aryl methyl sites for hydroxylation is 1. The summed E-state index contributed by atoms with van der Waals surface area (Å²) >= 11 is 6.01. The molecule has 0 unspecified atom stereocenters. The fourth-order valence-corrected chi connectivity index (χ4v) is 3.27. The van der Waals surface area contributed by atoms with Gasteiger partial charge >= 0.3 is 6.18 Å². The number of carbonyl (C=O) groups is 1. The van der Waals surface area contributed by atoms with Crippen molar-refractivity contribution in [2.45, 2.75) is 45.2 Å². The second-order valence-corrected chi connectivity index (χ2v) is 8.17. The Kier molecular flexibility index (Phi) is 7.76. The monoisotopic (exact) mass is 495 g/mol. The van der Waals surface area contributed by atoms with Gasteiger partial charge in [-0.2, -0.15) is 13.2 Å². The molecule has 34 heavy (non-hydrogen) atoms. The summed E-state index contributed by atoms with van der Waals surface area (Å²) in [7, 11) is 0. The number of aromatic hydroxyl groups is 1. The van der Waals surface area contributed by atoms with Crippen LogP contribution in [0.2, 0.25) is 5.15 Å². The van der Waals surface area contributed by atoms with Gasteiger partial charge in [-0.25, -0.2) is 9.37 Å². The fourth-order valence-electron chi connectivity index (χ4n) is 3.02. The number of carbonyl (C=O) groups excluding carboxylic acids is 1. The smallest absolute Gasteiger partial charge is 0.388 e. The molecule has 3 aromatic rings. The van der Waals surface area contributed by atoms with E-state index in [0.29, 0.717) is 22.9 Å². The number of amides is 1. The SMILES string of the molecule is CCC(F)(F)F.Cc1ccnc(Cl)c1NC(=O)c1cc(F)c(-c2ccc(C3CC3)cn2)cc1O. The molecule has 2 N–H and O–H groups in total. The summed E-state index contributed by atoms with van der Waals surface area (Å²) in [5.74, 6) is -1.13. The van der Waals surface area contributed by atoms with Gasteiger partial charge in [-0.3, -0.25) is 9.78 Å². The normalized spacial score (nSPS) is 13.1. The van der Waals surface area contributed by atoms with E-state index in [-0.39, 0.29) is 22.0 Å². The number of hydrogen-bond donors (Lipinski definition) is 2. The number of anilines is 1. The van der Waals surface area contributed by atoms with Gasteiger partial charge in [0, 0.05) is 24.4 Å². The van der Waals surface area contributed by atoms with Gasteiger partial charge in [-0.1, -0.05) is 24.6 Å². The standard InChI is InChI=1S/C21H17ClFN3O2.C3H5F3/c1-11-6-7-24-20(22)19(11)26-21(28)15-8-16(23)14(9-18(15)27)17-5-4-13(10-25-17)12-2-3-12;1-2-3(4,5)6/h4-10,12,27H,2-3H2,1H3,(H,26,28);2H2,1H3. The molecule has 1 aromatic carbocycles. The first-order chi connectivity index (χ1) is 16.0. The molecule has 0 aliphatic heterocycles. The summed E-state index contributed by atoms with van der Waals surface area (Å²) in [6, 6.07) is 7.54. The predicted octanol–water partition coefficient (Wildman–Crippen LogP) is 7.04. The van der Waals surface area contributed by atoms with Gasteiger partial charge in [0.2, 0.25) is 0 Å². The van der Waals surface area contributed by atoms with E-state index in [1.807, 2.05) is 6.07 Å². The van der Waals surface area contributed by atoms with E-state index in [0.717, 1.165) is 31.4 Å². The minimum absolute atomic E-state index is 0.116. The lowest BCUT2D eigenvalue weighted by Crippen LogP contribution is -2.14. The van der Waals surface area contributed by atoms with Crippen molar-refractivity contribution < 1.29 is 27.5 Å². The van der Waals surface area contributed by atoms with Crippen LogP contribution in [-0.4, -0.2) is 27.2 Å². The molecule has 2 heterocycles. The Bertz CT molecular complexity index is 1160. The third-order valence-corrected chi connectivity index (χ3v) is 5.48. The van der Waals surface area contributed by atoms with Crippen LogP contribution in [0.1, 0.15) is 53.6 Å². The fraction of sp³-hybridized carbons (Fsp3) is 0.292. The Balaban J connectivity index is 0.000000481. The van der Waals surface area contributed by atoms with Crippen LogP contribution < -0.4 is 5.32 Å². The highest BCUT2D eigenvalue weighted by atomic mass is 35.5. The lowest BCUT2D eigenvalue weighted by Gasteiger charge is -2.12. The molecular formula is C24H22ClF4N3O2. The minimum atomic E-state index is -3.96. The van der Waals surface area contributed by atoms with E-state index in [1.165, 1.54) is 12.3 Å². The molecule has 1 aliphatic carbocycles. The Morgan fingerprint density at radius 2 is 1.88 bits per heavy atom. The average molecular weight is 496 g/mol. The molecule has 1 fully saturated rings. The number of phenols is 1. The van der Waals surface area contributed by atoms with E-state index in [4.69, 9.17) is 11.6 Å². The predicted molar refractivity (Wildman–Crippen MR) is 122 cm³/mol. The van der Waals surface area contributed by atoms with Crippen molar-refractivity contribution in [1.82, 2.24) is 9.97 Å². The Morgan fingerprint density at radius 1 is 1.21 bits per heavy atom. The van der Waals surface area contributed by atoms with Crippen molar-refractivity contribution in [3.63, 3.8) is 0 Å². The number of nitrogens with one attached hydrogen (secondary N) is 1. The van der Waals surface area contributed by atoms with Gasteiger partial charge < -0.3 is 10.4 Å². The molecule has 0 atom stereocenters. The molecule has 2 aromatic heterocycles. The number of phenolic OH excluding ortho intramolecular Hbond substituents is 1. The molecule has 0 bridgehead atoms. The first kappa shape index (κ1) is 25.4. The number of aromatic nitrogens is 2. The third kappa shape index (κ3) is 6.44. The lowest BCUT2D eigenvalue weighted by atomic mass is 10.0. The highest BCUT2D eigenvalue weighted by Crippen LogP contribution is 2.40. The number of benzene rings is 1. The number of halogens is 5. The molecular weight excluding hydrogens is 474 g/mol. The van der Waals surface area contributed by atoms with Crippen molar-refractivity contribution in [2.75, 3.05) is 5.32 Å². The number of alkyl halides is 3. The lowest BCUT2D eigenvalue weighted by molar-refractivity contribution is -0.130. The first-order valence-electron chi connectivity index (χ1n) is 10.5. The molecule has 180 valence electrons. The van der Waals surface area contributed by atoms with E-state index in [2.05, 4.69) is 15.3 Å². The van der Waals surface area contributed by atoms with Gasteiger partial charge in [-0.05, 0) is 61.1 Å². The number of pyridine rings is 2. The van der Waals surface area contributed by atoms with Crippen molar-refractivity contribution in [3.8, 4) is 17.0 Å². The van der Waals surface area contributed by atoms with E-state index < -0.39 is 24.3 Å². The second kappa shape index (κ2) is 10.4. The van der Waals surface area contributed by atoms with Gasteiger partial charge in [0.25, 0.3) is 5.91 Å².